The number of amides is 1. The fourth-order valence-corrected chi connectivity index (χ4v) is 2.51. The SMILES string of the molecule is COC(=O)c1ccc(C(=O)Nc2cc(C)nn2-c2ccc(C(F)(F)F)cn2)cc1. The molecule has 10 heteroatoms. The Hall–Kier alpha value is -3.69. The lowest BCUT2D eigenvalue weighted by Gasteiger charge is -2.10. The number of rotatable bonds is 4. The molecular weight excluding hydrogens is 389 g/mol. The summed E-state index contributed by atoms with van der Waals surface area (Å²) >= 11 is 0. The van der Waals surface area contributed by atoms with Gasteiger partial charge in [-0.25, -0.2) is 9.78 Å². The van der Waals surface area contributed by atoms with E-state index in [2.05, 4.69) is 20.1 Å². The number of halogens is 3. The van der Waals surface area contributed by atoms with Gasteiger partial charge >= 0.3 is 12.1 Å². The maximum atomic E-state index is 12.7. The molecule has 0 aliphatic carbocycles. The van der Waals surface area contributed by atoms with Gasteiger partial charge in [0.2, 0.25) is 0 Å². The first kappa shape index (κ1) is 20.1. The van der Waals surface area contributed by atoms with E-state index < -0.39 is 23.6 Å². The number of methoxy groups -OCH3 is 1. The summed E-state index contributed by atoms with van der Waals surface area (Å²) in [5.41, 5.74) is 0.201. The summed E-state index contributed by atoms with van der Waals surface area (Å²) in [6, 6.07) is 9.39. The van der Waals surface area contributed by atoms with E-state index in [1.807, 2.05) is 0 Å². The van der Waals surface area contributed by atoms with Gasteiger partial charge in [0.25, 0.3) is 5.91 Å². The van der Waals surface area contributed by atoms with Crippen molar-refractivity contribution in [1.29, 1.82) is 0 Å². The van der Waals surface area contributed by atoms with Crippen LogP contribution >= 0.6 is 0 Å². The Bertz CT molecular complexity index is 1040. The first-order chi connectivity index (χ1) is 13.7. The second-order valence-electron chi connectivity index (χ2n) is 6.01. The van der Waals surface area contributed by atoms with Crippen LogP contribution in [-0.2, 0) is 10.9 Å². The highest BCUT2D eigenvalue weighted by molar-refractivity contribution is 6.04. The number of benzene rings is 1. The van der Waals surface area contributed by atoms with Gasteiger partial charge in [-0.05, 0) is 43.3 Å². The first-order valence-electron chi connectivity index (χ1n) is 8.29. The molecule has 7 nitrogen and oxygen atoms in total. The molecule has 0 atom stereocenters. The normalized spacial score (nSPS) is 11.2. The van der Waals surface area contributed by atoms with Crippen molar-refractivity contribution in [3.8, 4) is 5.82 Å². The predicted octanol–water partition coefficient (Wildman–Crippen LogP) is 3.63. The number of hydrogen-bond donors (Lipinski definition) is 1. The van der Waals surface area contributed by atoms with E-state index in [9.17, 15) is 22.8 Å². The standard InChI is InChI=1S/C19H15F3N4O3/c1-11-9-16(24-17(27)12-3-5-13(6-4-12)18(28)29-2)26(25-11)15-8-7-14(10-23-15)19(20,21)22/h3-10H,1-2H3,(H,24,27). The van der Waals surface area contributed by atoms with Gasteiger partial charge in [-0.15, -0.1) is 0 Å². The summed E-state index contributed by atoms with van der Waals surface area (Å²) in [7, 11) is 1.25. The highest BCUT2D eigenvalue weighted by Gasteiger charge is 2.30. The van der Waals surface area contributed by atoms with Crippen LogP contribution in [-0.4, -0.2) is 33.8 Å². The van der Waals surface area contributed by atoms with Crippen LogP contribution in [0.1, 0.15) is 32.0 Å². The van der Waals surface area contributed by atoms with Crippen molar-refractivity contribution in [2.24, 2.45) is 0 Å². The van der Waals surface area contributed by atoms with E-state index in [1.165, 1.54) is 36.1 Å². The number of ether oxygens (including phenoxy) is 1. The van der Waals surface area contributed by atoms with Gasteiger partial charge in [-0.3, -0.25) is 4.79 Å². The summed E-state index contributed by atoms with van der Waals surface area (Å²) in [6.07, 6.45) is -3.80. The molecule has 29 heavy (non-hydrogen) atoms. The number of nitrogens with one attached hydrogen (secondary N) is 1. The Morgan fingerprint density at radius 3 is 2.28 bits per heavy atom. The molecule has 0 aliphatic heterocycles. The molecule has 0 saturated heterocycles. The zero-order chi connectivity index (χ0) is 21.2. The number of aromatic nitrogens is 3. The fraction of sp³-hybridized carbons (Fsp3) is 0.158. The van der Waals surface area contributed by atoms with Crippen molar-refractivity contribution >= 4 is 17.7 Å². The first-order valence-corrected chi connectivity index (χ1v) is 8.29. The second kappa shape index (κ2) is 7.74. The molecule has 0 unspecified atom stereocenters. The Morgan fingerprint density at radius 2 is 1.72 bits per heavy atom. The summed E-state index contributed by atoms with van der Waals surface area (Å²) in [6.45, 7) is 1.67. The Morgan fingerprint density at radius 1 is 1.07 bits per heavy atom. The molecule has 2 heterocycles. The molecular formula is C19H15F3N4O3. The fourth-order valence-electron chi connectivity index (χ4n) is 2.51. The summed E-state index contributed by atoms with van der Waals surface area (Å²) in [5, 5.41) is 6.80. The molecule has 3 rings (SSSR count). The van der Waals surface area contributed by atoms with Crippen LogP contribution in [0.3, 0.4) is 0 Å². The Kier molecular flexibility index (Phi) is 5.35. The van der Waals surface area contributed by atoms with Crippen LogP contribution in [0.4, 0.5) is 19.0 Å². The van der Waals surface area contributed by atoms with E-state index in [0.29, 0.717) is 17.5 Å². The molecule has 1 aromatic carbocycles. The third-order valence-electron chi connectivity index (χ3n) is 3.93. The van der Waals surface area contributed by atoms with E-state index in [1.54, 1.807) is 13.0 Å². The number of carbonyl (C=O) groups excluding carboxylic acids is 2. The Labute approximate surface area is 163 Å². The smallest absolute Gasteiger partial charge is 0.417 e. The number of nitrogens with zero attached hydrogens (tertiary/aromatic N) is 3. The maximum absolute atomic E-state index is 12.7. The van der Waals surface area contributed by atoms with Gasteiger partial charge in [-0.2, -0.15) is 23.0 Å². The number of carbonyl (C=O) groups is 2. The van der Waals surface area contributed by atoms with Gasteiger partial charge in [0.15, 0.2) is 5.82 Å². The number of aryl methyl sites for hydroxylation is 1. The van der Waals surface area contributed by atoms with Crippen molar-refractivity contribution in [1.82, 2.24) is 14.8 Å². The van der Waals surface area contributed by atoms with Crippen LogP contribution in [0.2, 0.25) is 0 Å². The lowest BCUT2D eigenvalue weighted by molar-refractivity contribution is -0.137. The monoisotopic (exact) mass is 404 g/mol. The minimum Gasteiger partial charge on any atom is -0.465 e. The lowest BCUT2D eigenvalue weighted by atomic mass is 10.1. The molecule has 0 spiro atoms. The summed E-state index contributed by atoms with van der Waals surface area (Å²) in [4.78, 5) is 27.8. The van der Waals surface area contributed by atoms with Crippen molar-refractivity contribution in [2.75, 3.05) is 12.4 Å². The maximum Gasteiger partial charge on any atom is 0.417 e. The van der Waals surface area contributed by atoms with E-state index in [-0.39, 0.29) is 17.2 Å². The van der Waals surface area contributed by atoms with Crippen molar-refractivity contribution in [3.05, 3.63) is 71.0 Å². The van der Waals surface area contributed by atoms with Gasteiger partial charge < -0.3 is 10.1 Å². The number of esters is 1. The zero-order valence-electron chi connectivity index (χ0n) is 15.3. The third kappa shape index (κ3) is 4.42. The predicted molar refractivity (Wildman–Crippen MR) is 96.8 cm³/mol. The van der Waals surface area contributed by atoms with Gasteiger partial charge in [-0.1, -0.05) is 0 Å². The largest absolute Gasteiger partial charge is 0.465 e. The Balaban J connectivity index is 1.84. The molecule has 0 aliphatic rings. The number of hydrogen-bond acceptors (Lipinski definition) is 5. The van der Waals surface area contributed by atoms with Crippen LogP contribution in [0.25, 0.3) is 5.82 Å². The molecule has 0 radical (unpaired) electrons. The second-order valence-corrected chi connectivity index (χ2v) is 6.01. The van der Waals surface area contributed by atoms with Crippen LogP contribution in [0.15, 0.2) is 48.7 Å². The average Bonchev–Trinajstić information content (AvgIpc) is 3.07. The molecule has 3 aromatic rings. The highest BCUT2D eigenvalue weighted by atomic mass is 19.4. The van der Waals surface area contributed by atoms with Crippen LogP contribution in [0.5, 0.6) is 0 Å². The highest BCUT2D eigenvalue weighted by Crippen LogP contribution is 2.29. The summed E-state index contributed by atoms with van der Waals surface area (Å²) < 4.78 is 44.0. The molecule has 0 bridgehead atoms. The van der Waals surface area contributed by atoms with Crippen molar-refractivity contribution in [2.45, 2.75) is 13.1 Å². The van der Waals surface area contributed by atoms with E-state index in [0.717, 1.165) is 12.1 Å². The van der Waals surface area contributed by atoms with Crippen LogP contribution < -0.4 is 5.32 Å². The molecule has 1 N–H and O–H groups in total. The van der Waals surface area contributed by atoms with Gasteiger partial charge in [0.1, 0.15) is 5.82 Å². The summed E-state index contributed by atoms with van der Waals surface area (Å²) in [5.74, 6) is -0.673. The minimum atomic E-state index is -4.50. The number of anilines is 1. The molecule has 1 amide bonds. The number of pyridine rings is 1. The number of alkyl halides is 3. The van der Waals surface area contributed by atoms with Crippen LogP contribution in [0, 0.1) is 6.92 Å². The van der Waals surface area contributed by atoms with Gasteiger partial charge in [0.05, 0.1) is 23.9 Å². The van der Waals surface area contributed by atoms with Crippen molar-refractivity contribution in [3.63, 3.8) is 0 Å². The minimum absolute atomic E-state index is 0.113. The molecule has 0 fully saturated rings. The molecule has 2 aromatic heterocycles. The van der Waals surface area contributed by atoms with E-state index >= 15 is 0 Å². The lowest BCUT2D eigenvalue weighted by Crippen LogP contribution is -2.16. The molecule has 0 saturated carbocycles. The molecule has 150 valence electrons. The topological polar surface area (TPSA) is 86.1 Å². The third-order valence-corrected chi connectivity index (χ3v) is 3.93. The van der Waals surface area contributed by atoms with Crippen molar-refractivity contribution < 1.29 is 27.5 Å². The quantitative estimate of drug-likeness (QED) is 0.671. The zero-order valence-corrected chi connectivity index (χ0v) is 15.3. The van der Waals surface area contributed by atoms with E-state index in [4.69, 9.17) is 0 Å². The average molecular weight is 404 g/mol. The van der Waals surface area contributed by atoms with Gasteiger partial charge in [0, 0.05) is 17.8 Å².